The highest BCUT2D eigenvalue weighted by atomic mass is 35.5. The van der Waals surface area contributed by atoms with Gasteiger partial charge in [0.05, 0.1) is 19.8 Å². The maximum absolute atomic E-state index is 12.4. The molecule has 0 aliphatic rings. The summed E-state index contributed by atoms with van der Waals surface area (Å²) in [5.74, 6) is 0.975. The van der Waals surface area contributed by atoms with Crippen molar-refractivity contribution in [1.82, 2.24) is 5.32 Å². The number of carbonyl (C=O) groups is 1. The first-order valence-corrected chi connectivity index (χ1v) is 7.80. The van der Waals surface area contributed by atoms with E-state index in [-0.39, 0.29) is 11.9 Å². The zero-order valence-corrected chi connectivity index (χ0v) is 14.2. The van der Waals surface area contributed by atoms with Crippen molar-refractivity contribution in [2.24, 2.45) is 0 Å². The average molecular weight is 334 g/mol. The Morgan fingerprint density at radius 3 is 2.65 bits per heavy atom. The lowest BCUT2D eigenvalue weighted by atomic mass is 10.1. The van der Waals surface area contributed by atoms with E-state index in [1.807, 2.05) is 32.0 Å². The van der Waals surface area contributed by atoms with Gasteiger partial charge in [-0.3, -0.25) is 4.79 Å². The molecule has 0 aromatic heterocycles. The third-order valence-corrected chi connectivity index (χ3v) is 3.66. The van der Waals surface area contributed by atoms with Crippen molar-refractivity contribution >= 4 is 17.5 Å². The Morgan fingerprint density at radius 1 is 1.22 bits per heavy atom. The number of benzene rings is 2. The first kappa shape index (κ1) is 17.2. The molecule has 0 bridgehead atoms. The van der Waals surface area contributed by atoms with E-state index in [1.165, 1.54) is 0 Å². The van der Waals surface area contributed by atoms with E-state index in [0.29, 0.717) is 28.7 Å². The molecule has 0 fully saturated rings. The van der Waals surface area contributed by atoms with Crippen LogP contribution in [-0.4, -0.2) is 19.6 Å². The van der Waals surface area contributed by atoms with Gasteiger partial charge in [-0.15, -0.1) is 0 Å². The van der Waals surface area contributed by atoms with Crippen molar-refractivity contribution in [1.29, 1.82) is 0 Å². The first-order valence-electron chi connectivity index (χ1n) is 7.42. The number of hydrogen-bond acceptors (Lipinski definition) is 3. The van der Waals surface area contributed by atoms with Crippen LogP contribution in [0.1, 0.15) is 35.8 Å². The molecule has 1 amide bonds. The summed E-state index contributed by atoms with van der Waals surface area (Å²) in [6.07, 6.45) is 0. The van der Waals surface area contributed by atoms with Crippen molar-refractivity contribution in [3.8, 4) is 11.5 Å². The lowest BCUT2D eigenvalue weighted by molar-refractivity contribution is 0.0939. The molecule has 0 unspecified atom stereocenters. The Morgan fingerprint density at radius 2 is 2.00 bits per heavy atom. The van der Waals surface area contributed by atoms with Crippen LogP contribution < -0.4 is 14.8 Å². The molecule has 0 aliphatic carbocycles. The van der Waals surface area contributed by atoms with Gasteiger partial charge in [-0.2, -0.15) is 0 Å². The highest BCUT2D eigenvalue weighted by molar-refractivity contribution is 6.30. The Balaban J connectivity index is 2.14. The fourth-order valence-electron chi connectivity index (χ4n) is 2.22. The summed E-state index contributed by atoms with van der Waals surface area (Å²) in [5.41, 5.74) is 1.46. The van der Waals surface area contributed by atoms with E-state index in [1.54, 1.807) is 31.4 Å². The predicted octanol–water partition coefficient (Wildman–Crippen LogP) is 4.24. The Kier molecular flexibility index (Phi) is 5.88. The number of hydrogen-bond donors (Lipinski definition) is 1. The Bertz CT molecular complexity index is 688. The molecule has 5 heteroatoms. The van der Waals surface area contributed by atoms with Crippen LogP contribution in [0, 0.1) is 0 Å². The summed E-state index contributed by atoms with van der Waals surface area (Å²) >= 11 is 5.99. The summed E-state index contributed by atoms with van der Waals surface area (Å²) in [4.78, 5) is 12.4. The molecule has 1 atom stereocenters. The number of carbonyl (C=O) groups excluding carboxylic acids is 1. The molecule has 2 rings (SSSR count). The summed E-state index contributed by atoms with van der Waals surface area (Å²) in [6.45, 7) is 4.34. The predicted molar refractivity (Wildman–Crippen MR) is 91.5 cm³/mol. The zero-order valence-electron chi connectivity index (χ0n) is 13.4. The van der Waals surface area contributed by atoms with Crippen LogP contribution in [0.2, 0.25) is 5.02 Å². The van der Waals surface area contributed by atoms with E-state index in [4.69, 9.17) is 21.1 Å². The fourth-order valence-corrected chi connectivity index (χ4v) is 2.42. The van der Waals surface area contributed by atoms with Crippen LogP contribution in [0.3, 0.4) is 0 Å². The summed E-state index contributed by atoms with van der Waals surface area (Å²) in [6, 6.07) is 12.4. The van der Waals surface area contributed by atoms with Gasteiger partial charge in [-0.05, 0) is 49.7 Å². The van der Waals surface area contributed by atoms with Gasteiger partial charge in [0.25, 0.3) is 5.91 Å². The largest absolute Gasteiger partial charge is 0.493 e. The minimum Gasteiger partial charge on any atom is -0.493 e. The molecule has 0 saturated heterocycles. The van der Waals surface area contributed by atoms with Crippen molar-refractivity contribution < 1.29 is 14.3 Å². The molecule has 2 aromatic rings. The van der Waals surface area contributed by atoms with Crippen molar-refractivity contribution in [2.45, 2.75) is 19.9 Å². The van der Waals surface area contributed by atoms with Crippen LogP contribution in [0.5, 0.6) is 11.5 Å². The molecule has 0 radical (unpaired) electrons. The van der Waals surface area contributed by atoms with Crippen molar-refractivity contribution in [3.05, 3.63) is 58.6 Å². The van der Waals surface area contributed by atoms with Gasteiger partial charge in [0, 0.05) is 10.6 Å². The van der Waals surface area contributed by atoms with Crippen LogP contribution in [-0.2, 0) is 0 Å². The topological polar surface area (TPSA) is 47.6 Å². The van der Waals surface area contributed by atoms with Crippen LogP contribution in [0.25, 0.3) is 0 Å². The van der Waals surface area contributed by atoms with E-state index in [0.717, 1.165) is 5.56 Å². The average Bonchev–Trinajstić information content (AvgIpc) is 2.55. The molecule has 0 spiro atoms. The standard InChI is InChI=1S/C18H20ClNO3/c1-4-23-16-9-8-14(11-17(16)22-3)18(21)20-12(2)13-6-5-7-15(19)10-13/h5-12H,4H2,1-3H3,(H,20,21)/t12-/m0/s1. The van der Waals surface area contributed by atoms with Gasteiger partial charge in [0.2, 0.25) is 0 Å². The zero-order chi connectivity index (χ0) is 16.8. The molecule has 4 nitrogen and oxygen atoms in total. The molecule has 0 heterocycles. The SMILES string of the molecule is CCOc1ccc(C(=O)N[C@@H](C)c2cccc(Cl)c2)cc1OC. The molecule has 2 aromatic carbocycles. The van der Waals surface area contributed by atoms with Gasteiger partial charge >= 0.3 is 0 Å². The van der Waals surface area contributed by atoms with E-state index in [2.05, 4.69) is 5.32 Å². The summed E-state index contributed by atoms with van der Waals surface area (Å²) in [7, 11) is 1.55. The van der Waals surface area contributed by atoms with Gasteiger partial charge in [0.1, 0.15) is 0 Å². The Labute approximate surface area is 141 Å². The first-order chi connectivity index (χ1) is 11.0. The van der Waals surface area contributed by atoms with E-state index < -0.39 is 0 Å². The number of halogens is 1. The molecule has 122 valence electrons. The highest BCUT2D eigenvalue weighted by Gasteiger charge is 2.14. The van der Waals surface area contributed by atoms with Crippen molar-refractivity contribution in [2.75, 3.05) is 13.7 Å². The Hall–Kier alpha value is -2.20. The van der Waals surface area contributed by atoms with Crippen LogP contribution in [0.4, 0.5) is 0 Å². The lowest BCUT2D eigenvalue weighted by Gasteiger charge is -2.16. The van der Waals surface area contributed by atoms with E-state index in [9.17, 15) is 4.79 Å². The second kappa shape index (κ2) is 7.88. The second-order valence-electron chi connectivity index (χ2n) is 5.05. The molecular formula is C18H20ClNO3. The lowest BCUT2D eigenvalue weighted by Crippen LogP contribution is -2.26. The van der Waals surface area contributed by atoms with Gasteiger partial charge < -0.3 is 14.8 Å². The number of ether oxygens (including phenoxy) is 2. The number of methoxy groups -OCH3 is 1. The quantitative estimate of drug-likeness (QED) is 0.860. The monoisotopic (exact) mass is 333 g/mol. The molecule has 0 saturated carbocycles. The second-order valence-corrected chi connectivity index (χ2v) is 5.49. The van der Waals surface area contributed by atoms with Crippen LogP contribution >= 0.6 is 11.6 Å². The summed E-state index contributed by atoms with van der Waals surface area (Å²) < 4.78 is 10.7. The maximum Gasteiger partial charge on any atom is 0.251 e. The minimum absolute atomic E-state index is 0.154. The molecular weight excluding hydrogens is 314 g/mol. The van der Waals surface area contributed by atoms with Crippen molar-refractivity contribution in [3.63, 3.8) is 0 Å². The minimum atomic E-state index is -0.182. The third kappa shape index (κ3) is 4.39. The normalized spacial score (nSPS) is 11.7. The molecule has 0 aliphatic heterocycles. The van der Waals surface area contributed by atoms with Crippen LogP contribution in [0.15, 0.2) is 42.5 Å². The maximum atomic E-state index is 12.4. The highest BCUT2D eigenvalue weighted by Crippen LogP contribution is 2.28. The third-order valence-electron chi connectivity index (χ3n) is 3.42. The molecule has 23 heavy (non-hydrogen) atoms. The van der Waals surface area contributed by atoms with Gasteiger partial charge in [-0.25, -0.2) is 0 Å². The number of rotatable bonds is 6. The fraction of sp³-hybridized carbons (Fsp3) is 0.278. The number of nitrogens with one attached hydrogen (secondary N) is 1. The smallest absolute Gasteiger partial charge is 0.251 e. The van der Waals surface area contributed by atoms with Gasteiger partial charge in [-0.1, -0.05) is 23.7 Å². The number of amides is 1. The van der Waals surface area contributed by atoms with E-state index >= 15 is 0 Å². The van der Waals surface area contributed by atoms with Gasteiger partial charge in [0.15, 0.2) is 11.5 Å². The molecule has 1 N–H and O–H groups in total. The summed E-state index contributed by atoms with van der Waals surface area (Å²) in [5, 5.41) is 3.59.